The summed E-state index contributed by atoms with van der Waals surface area (Å²) < 4.78 is 48.8. The minimum Gasteiger partial charge on any atom is -0.379 e. The van der Waals surface area contributed by atoms with E-state index in [2.05, 4.69) is 26.1 Å². The van der Waals surface area contributed by atoms with Crippen LogP contribution in [-0.2, 0) is 52.2 Å². The standard InChI is InChI=1S/C30H59NO11/c1-29(2,3)7-9-34-11-13-36-15-17-38-19-21-40-23-24-41-22-20-39-18-16-37-14-12-35-10-8-31-28(33)26-42-25-27(32)30(4,5)6/h7-26H2,1-6H3,(H,31,33). The van der Waals surface area contributed by atoms with Gasteiger partial charge in [0.05, 0.1) is 99.1 Å². The molecule has 0 aromatic rings. The average molecular weight is 610 g/mol. The molecule has 42 heavy (non-hydrogen) atoms. The third-order valence-corrected chi connectivity index (χ3v) is 5.47. The van der Waals surface area contributed by atoms with Gasteiger partial charge in [-0.3, -0.25) is 9.59 Å². The highest BCUT2D eigenvalue weighted by atomic mass is 16.6. The van der Waals surface area contributed by atoms with Gasteiger partial charge < -0.3 is 47.9 Å². The topological polar surface area (TPSA) is 129 Å². The van der Waals surface area contributed by atoms with Gasteiger partial charge >= 0.3 is 0 Å². The Hall–Kier alpha value is -1.22. The first-order valence-electron chi connectivity index (χ1n) is 15.0. The Kier molecular flexibility index (Phi) is 26.5. The molecule has 0 aromatic carbocycles. The SMILES string of the molecule is CC(C)(C)CCOCCOCCOCCOCCOCCOCCOCCOCCNC(=O)COCC(=O)C(C)(C)C. The molecule has 0 aliphatic carbocycles. The summed E-state index contributed by atoms with van der Waals surface area (Å²) in [6, 6.07) is 0. The summed E-state index contributed by atoms with van der Waals surface area (Å²) in [7, 11) is 0. The van der Waals surface area contributed by atoms with Crippen molar-refractivity contribution < 1.29 is 52.2 Å². The molecule has 1 N–H and O–H groups in total. The monoisotopic (exact) mass is 609 g/mol. The summed E-state index contributed by atoms with van der Waals surface area (Å²) in [5, 5.41) is 2.67. The van der Waals surface area contributed by atoms with E-state index >= 15 is 0 Å². The van der Waals surface area contributed by atoms with Crippen molar-refractivity contribution >= 4 is 11.7 Å². The molecule has 0 aliphatic heterocycles. The molecule has 0 radical (unpaired) electrons. The fourth-order valence-corrected chi connectivity index (χ4v) is 2.79. The number of hydrogen-bond acceptors (Lipinski definition) is 11. The minimum atomic E-state index is -0.473. The maximum absolute atomic E-state index is 11.7. The van der Waals surface area contributed by atoms with Crippen molar-refractivity contribution in [2.24, 2.45) is 10.8 Å². The summed E-state index contributed by atoms with van der Waals surface area (Å²) in [6.45, 7) is 20.4. The number of amides is 1. The number of Topliss-reactive ketones (excluding diaryl/α,β-unsaturated/α-hetero) is 1. The van der Waals surface area contributed by atoms with E-state index in [0.29, 0.717) is 111 Å². The molecule has 0 aliphatic rings. The Balaban J connectivity index is 3.18. The van der Waals surface area contributed by atoms with Crippen LogP contribution < -0.4 is 5.32 Å². The lowest BCUT2D eigenvalue weighted by Crippen LogP contribution is -2.33. The Morgan fingerprint density at radius 1 is 0.452 bits per heavy atom. The zero-order chi connectivity index (χ0) is 31.4. The second-order valence-electron chi connectivity index (χ2n) is 11.7. The Morgan fingerprint density at radius 3 is 1.12 bits per heavy atom. The first-order chi connectivity index (χ1) is 20.0. The molecule has 0 bridgehead atoms. The number of rotatable bonds is 30. The van der Waals surface area contributed by atoms with E-state index < -0.39 is 5.41 Å². The van der Waals surface area contributed by atoms with E-state index in [1.54, 1.807) is 0 Å². The van der Waals surface area contributed by atoms with Crippen LogP contribution >= 0.6 is 0 Å². The highest BCUT2D eigenvalue weighted by Crippen LogP contribution is 2.17. The van der Waals surface area contributed by atoms with Crippen LogP contribution in [0.15, 0.2) is 0 Å². The van der Waals surface area contributed by atoms with Gasteiger partial charge in [0.2, 0.25) is 5.91 Å². The molecular formula is C30H59NO11. The van der Waals surface area contributed by atoms with Crippen LogP contribution in [0, 0.1) is 10.8 Å². The molecule has 12 heteroatoms. The second kappa shape index (κ2) is 27.3. The number of hydrogen-bond donors (Lipinski definition) is 1. The first-order valence-corrected chi connectivity index (χ1v) is 15.0. The lowest BCUT2D eigenvalue weighted by atomic mass is 9.91. The van der Waals surface area contributed by atoms with Crippen LogP contribution in [0.3, 0.4) is 0 Å². The van der Waals surface area contributed by atoms with Gasteiger partial charge in [0.15, 0.2) is 5.78 Å². The van der Waals surface area contributed by atoms with Crippen molar-refractivity contribution in [1.82, 2.24) is 5.32 Å². The molecule has 1 amide bonds. The summed E-state index contributed by atoms with van der Waals surface area (Å²) in [5.74, 6) is -0.324. The maximum atomic E-state index is 11.7. The van der Waals surface area contributed by atoms with Gasteiger partial charge in [-0.25, -0.2) is 0 Å². The fraction of sp³-hybridized carbons (Fsp3) is 0.933. The minimum absolute atomic E-state index is 0.0432. The molecule has 0 heterocycles. The normalized spacial score (nSPS) is 12.1. The second-order valence-corrected chi connectivity index (χ2v) is 11.7. The molecular weight excluding hydrogens is 550 g/mol. The predicted molar refractivity (Wildman–Crippen MR) is 159 cm³/mol. The van der Waals surface area contributed by atoms with Crippen molar-refractivity contribution in [1.29, 1.82) is 0 Å². The maximum Gasteiger partial charge on any atom is 0.246 e. The molecule has 0 atom stereocenters. The smallest absolute Gasteiger partial charge is 0.246 e. The van der Waals surface area contributed by atoms with Crippen molar-refractivity contribution in [3.05, 3.63) is 0 Å². The van der Waals surface area contributed by atoms with Crippen LogP contribution in [0.4, 0.5) is 0 Å². The quantitative estimate of drug-likeness (QED) is 0.120. The Morgan fingerprint density at radius 2 is 0.786 bits per heavy atom. The van der Waals surface area contributed by atoms with Crippen LogP contribution in [0.1, 0.15) is 48.0 Å². The number of ether oxygens (including phenoxy) is 9. The molecule has 12 nitrogen and oxygen atoms in total. The van der Waals surface area contributed by atoms with Crippen molar-refractivity contribution in [2.75, 3.05) is 125 Å². The molecule has 0 saturated heterocycles. The summed E-state index contributed by atoms with van der Waals surface area (Å²) >= 11 is 0. The van der Waals surface area contributed by atoms with Crippen LogP contribution in [-0.4, -0.2) is 137 Å². The molecule has 0 fully saturated rings. The van der Waals surface area contributed by atoms with E-state index in [9.17, 15) is 9.59 Å². The first kappa shape index (κ1) is 40.8. The zero-order valence-electron chi connectivity index (χ0n) is 27.1. The van der Waals surface area contributed by atoms with Crippen LogP contribution in [0.5, 0.6) is 0 Å². The lowest BCUT2D eigenvalue weighted by molar-refractivity contribution is -0.134. The molecule has 0 spiro atoms. The number of carbonyl (C=O) groups is 2. The van der Waals surface area contributed by atoms with Gasteiger partial charge in [-0.1, -0.05) is 41.5 Å². The average Bonchev–Trinajstić information content (AvgIpc) is 2.91. The van der Waals surface area contributed by atoms with E-state index in [4.69, 9.17) is 42.6 Å². The fourth-order valence-electron chi connectivity index (χ4n) is 2.79. The molecule has 0 rings (SSSR count). The summed E-state index contributed by atoms with van der Waals surface area (Å²) in [5.41, 5.74) is -0.175. The van der Waals surface area contributed by atoms with Crippen LogP contribution in [0.25, 0.3) is 0 Å². The van der Waals surface area contributed by atoms with Gasteiger partial charge in [0.25, 0.3) is 0 Å². The number of nitrogens with one attached hydrogen (secondary N) is 1. The van der Waals surface area contributed by atoms with E-state index in [1.165, 1.54) is 0 Å². The van der Waals surface area contributed by atoms with Crippen molar-refractivity contribution in [3.63, 3.8) is 0 Å². The lowest BCUT2D eigenvalue weighted by Gasteiger charge is -2.17. The van der Waals surface area contributed by atoms with Crippen LogP contribution in [0.2, 0.25) is 0 Å². The summed E-state index contributed by atoms with van der Waals surface area (Å²) in [4.78, 5) is 23.4. The zero-order valence-corrected chi connectivity index (χ0v) is 27.1. The number of carbonyl (C=O) groups excluding carboxylic acids is 2. The molecule has 0 unspecified atom stereocenters. The predicted octanol–water partition coefficient (Wildman–Crippen LogP) is 2.30. The van der Waals surface area contributed by atoms with Gasteiger partial charge in [0.1, 0.15) is 13.2 Å². The van der Waals surface area contributed by atoms with Gasteiger partial charge in [0, 0.05) is 18.6 Å². The largest absolute Gasteiger partial charge is 0.379 e. The van der Waals surface area contributed by atoms with Gasteiger partial charge in [-0.15, -0.1) is 0 Å². The highest BCUT2D eigenvalue weighted by Gasteiger charge is 2.21. The van der Waals surface area contributed by atoms with Gasteiger partial charge in [-0.05, 0) is 11.8 Å². The Labute approximate surface area is 253 Å². The summed E-state index contributed by atoms with van der Waals surface area (Å²) in [6.07, 6.45) is 1.04. The van der Waals surface area contributed by atoms with Crippen molar-refractivity contribution in [3.8, 4) is 0 Å². The molecule has 0 aromatic heterocycles. The van der Waals surface area contributed by atoms with E-state index in [1.807, 2.05) is 20.8 Å². The third-order valence-electron chi connectivity index (χ3n) is 5.47. The van der Waals surface area contributed by atoms with E-state index in [-0.39, 0.29) is 24.9 Å². The van der Waals surface area contributed by atoms with Crippen molar-refractivity contribution in [2.45, 2.75) is 48.0 Å². The third kappa shape index (κ3) is 31.7. The highest BCUT2D eigenvalue weighted by molar-refractivity contribution is 5.85. The van der Waals surface area contributed by atoms with E-state index in [0.717, 1.165) is 13.0 Å². The number of ketones is 1. The Bertz CT molecular complexity index is 636. The molecule has 250 valence electrons. The molecule has 0 saturated carbocycles. The van der Waals surface area contributed by atoms with Gasteiger partial charge in [-0.2, -0.15) is 0 Å².